The molecule has 0 fully saturated rings. The van der Waals surface area contributed by atoms with E-state index in [9.17, 15) is 5.21 Å². The van der Waals surface area contributed by atoms with Crippen molar-refractivity contribution in [2.75, 3.05) is 13.6 Å². The highest BCUT2D eigenvalue weighted by molar-refractivity contribution is 5.44. The van der Waals surface area contributed by atoms with E-state index in [1.54, 1.807) is 7.05 Å². The fourth-order valence-corrected chi connectivity index (χ4v) is 1.45. The Labute approximate surface area is 86.3 Å². The van der Waals surface area contributed by atoms with Gasteiger partial charge >= 0.3 is 0 Å². The number of rotatable bonds is 4. The van der Waals surface area contributed by atoms with Crippen molar-refractivity contribution in [1.29, 1.82) is 0 Å². The molecule has 0 saturated carbocycles. The molecule has 0 amide bonds. The third-order valence-corrected chi connectivity index (χ3v) is 2.52. The van der Waals surface area contributed by atoms with Crippen LogP contribution in [-0.4, -0.2) is 13.6 Å². The van der Waals surface area contributed by atoms with Gasteiger partial charge in [0.25, 0.3) is 0 Å². The molecule has 1 atom stereocenters. The second-order valence-electron chi connectivity index (χ2n) is 4.01. The zero-order valence-corrected chi connectivity index (χ0v) is 9.29. The molecule has 0 radical (unpaired) electrons. The molecule has 78 valence electrons. The molecule has 0 saturated heterocycles. The van der Waals surface area contributed by atoms with Gasteiger partial charge < -0.3 is 9.85 Å². The molecular weight excluding hydrogens is 174 g/mol. The maximum absolute atomic E-state index is 12.1. The van der Waals surface area contributed by atoms with Gasteiger partial charge in [0.05, 0.1) is 13.6 Å². The minimum Gasteiger partial charge on any atom is -0.628 e. The average Bonchev–Trinajstić information content (AvgIpc) is 2.16. The Morgan fingerprint density at radius 1 is 1.21 bits per heavy atom. The van der Waals surface area contributed by atoms with Gasteiger partial charge in [0.15, 0.2) is 0 Å². The number of nitrogens with zero attached hydrogens (tertiary/aromatic N) is 1. The summed E-state index contributed by atoms with van der Waals surface area (Å²) in [5, 5.41) is 12.1. The van der Waals surface area contributed by atoms with Crippen LogP contribution < -0.4 is 4.65 Å². The van der Waals surface area contributed by atoms with Crippen LogP contribution in [0.4, 0.5) is 5.69 Å². The highest BCUT2D eigenvalue weighted by Gasteiger charge is 2.12. The summed E-state index contributed by atoms with van der Waals surface area (Å²) in [7, 11) is 1.72. The molecular formula is C12H19NO. The first-order chi connectivity index (χ1) is 6.56. The van der Waals surface area contributed by atoms with E-state index in [-0.39, 0.29) is 4.65 Å². The van der Waals surface area contributed by atoms with Gasteiger partial charge in [-0.2, -0.15) is 0 Å². The summed E-state index contributed by atoms with van der Waals surface area (Å²) in [4.78, 5) is 0. The number of benzene rings is 1. The van der Waals surface area contributed by atoms with E-state index in [1.165, 1.54) is 5.56 Å². The lowest BCUT2D eigenvalue weighted by Gasteiger charge is -2.38. The highest BCUT2D eigenvalue weighted by atomic mass is 16.5. The second kappa shape index (κ2) is 4.58. The van der Waals surface area contributed by atoms with Crippen molar-refractivity contribution >= 4 is 5.69 Å². The Morgan fingerprint density at radius 2 is 1.79 bits per heavy atom. The van der Waals surface area contributed by atoms with E-state index in [0.717, 1.165) is 18.5 Å². The predicted molar refractivity (Wildman–Crippen MR) is 62.0 cm³/mol. The van der Waals surface area contributed by atoms with E-state index >= 15 is 0 Å². The van der Waals surface area contributed by atoms with Crippen molar-refractivity contribution in [2.24, 2.45) is 0 Å². The summed E-state index contributed by atoms with van der Waals surface area (Å²) in [6, 6.07) is 7.85. The Morgan fingerprint density at radius 3 is 2.29 bits per heavy atom. The van der Waals surface area contributed by atoms with Crippen LogP contribution in [0.5, 0.6) is 0 Å². The summed E-state index contributed by atoms with van der Waals surface area (Å²) in [6.07, 6.45) is 2.05. The van der Waals surface area contributed by atoms with Gasteiger partial charge in [-0.15, -0.1) is 0 Å². The van der Waals surface area contributed by atoms with Crippen molar-refractivity contribution in [3.63, 3.8) is 0 Å². The van der Waals surface area contributed by atoms with Gasteiger partial charge in [-0.3, -0.25) is 0 Å². The van der Waals surface area contributed by atoms with Crippen molar-refractivity contribution in [3.8, 4) is 0 Å². The number of hydrogen-bond donors (Lipinski definition) is 0. The Bertz CT molecular complexity index is 277. The van der Waals surface area contributed by atoms with Crippen LogP contribution in [0.1, 0.15) is 25.3 Å². The lowest BCUT2D eigenvalue weighted by Crippen LogP contribution is -2.39. The fraction of sp³-hybridized carbons (Fsp3) is 0.500. The first-order valence-electron chi connectivity index (χ1n) is 5.20. The molecule has 2 nitrogen and oxygen atoms in total. The van der Waals surface area contributed by atoms with Gasteiger partial charge in [-0.1, -0.05) is 31.0 Å². The summed E-state index contributed by atoms with van der Waals surface area (Å²) in [5.41, 5.74) is 2.05. The lowest BCUT2D eigenvalue weighted by atomic mass is 10.2. The minimum atomic E-state index is -0.256. The number of aryl methyl sites for hydroxylation is 1. The number of hydroxylamine groups is 2. The summed E-state index contributed by atoms with van der Waals surface area (Å²) in [6.45, 7) is 4.81. The molecule has 0 bridgehead atoms. The van der Waals surface area contributed by atoms with Crippen molar-refractivity contribution < 1.29 is 0 Å². The molecule has 14 heavy (non-hydrogen) atoms. The Hall–Kier alpha value is -0.860. The molecule has 1 unspecified atom stereocenters. The Kier molecular flexibility index (Phi) is 3.67. The standard InChI is InChI=1S/C12H19NO/c1-4-5-10-13(3,14)12-8-6-11(2)7-9-12/h6-9H,4-5,10H2,1-3H3. The summed E-state index contributed by atoms with van der Waals surface area (Å²) < 4.78 is -0.256. The highest BCUT2D eigenvalue weighted by Crippen LogP contribution is 2.20. The maximum atomic E-state index is 12.1. The van der Waals surface area contributed by atoms with Crippen LogP contribution in [0.25, 0.3) is 0 Å². The van der Waals surface area contributed by atoms with Gasteiger partial charge in [0.1, 0.15) is 5.69 Å². The smallest absolute Gasteiger partial charge is 0.132 e. The quantitative estimate of drug-likeness (QED) is 0.532. The molecule has 1 rings (SSSR count). The van der Waals surface area contributed by atoms with E-state index in [4.69, 9.17) is 0 Å². The van der Waals surface area contributed by atoms with Gasteiger partial charge in [-0.05, 0) is 25.5 Å². The fourth-order valence-electron chi connectivity index (χ4n) is 1.45. The molecule has 1 aromatic rings. The third-order valence-electron chi connectivity index (χ3n) is 2.52. The lowest BCUT2D eigenvalue weighted by molar-refractivity contribution is 0.431. The molecule has 0 spiro atoms. The van der Waals surface area contributed by atoms with Crippen LogP contribution in [0.3, 0.4) is 0 Å². The van der Waals surface area contributed by atoms with Crippen LogP contribution in [-0.2, 0) is 0 Å². The predicted octanol–water partition coefficient (Wildman–Crippen LogP) is 3.23. The van der Waals surface area contributed by atoms with Crippen LogP contribution in [0.2, 0.25) is 0 Å². The molecule has 0 aliphatic rings. The molecule has 0 aromatic heterocycles. The van der Waals surface area contributed by atoms with E-state index in [2.05, 4.69) is 6.92 Å². The number of quaternary nitrogens is 1. The topological polar surface area (TPSA) is 23.1 Å². The van der Waals surface area contributed by atoms with Crippen LogP contribution in [0, 0.1) is 12.1 Å². The van der Waals surface area contributed by atoms with Crippen LogP contribution in [0.15, 0.2) is 24.3 Å². The average molecular weight is 193 g/mol. The zero-order chi connectivity index (χ0) is 10.6. The molecule has 0 N–H and O–H groups in total. The van der Waals surface area contributed by atoms with Crippen molar-refractivity contribution in [2.45, 2.75) is 26.7 Å². The number of unbranched alkanes of at least 4 members (excludes halogenated alkanes) is 1. The number of hydrogen-bond acceptors (Lipinski definition) is 1. The monoisotopic (exact) mass is 193 g/mol. The molecule has 2 heteroatoms. The second-order valence-corrected chi connectivity index (χ2v) is 4.01. The molecule has 0 aliphatic carbocycles. The Balaban J connectivity index is 2.75. The molecule has 1 aromatic carbocycles. The van der Waals surface area contributed by atoms with E-state index in [1.807, 2.05) is 31.2 Å². The molecule has 0 heterocycles. The minimum absolute atomic E-state index is 0.256. The maximum Gasteiger partial charge on any atom is 0.132 e. The summed E-state index contributed by atoms with van der Waals surface area (Å²) in [5.74, 6) is 0. The van der Waals surface area contributed by atoms with E-state index in [0.29, 0.717) is 6.54 Å². The third kappa shape index (κ3) is 2.82. The first-order valence-corrected chi connectivity index (χ1v) is 5.20. The van der Waals surface area contributed by atoms with E-state index < -0.39 is 0 Å². The van der Waals surface area contributed by atoms with Gasteiger partial charge in [0, 0.05) is 0 Å². The summed E-state index contributed by atoms with van der Waals surface area (Å²) >= 11 is 0. The largest absolute Gasteiger partial charge is 0.628 e. The van der Waals surface area contributed by atoms with Crippen molar-refractivity contribution in [1.82, 2.24) is 4.65 Å². The SMILES string of the molecule is CCCC[N+](C)([O-])c1ccc(C)cc1. The first kappa shape index (κ1) is 11.2. The molecule has 0 aliphatic heterocycles. The van der Waals surface area contributed by atoms with Crippen LogP contribution >= 0.6 is 0 Å². The zero-order valence-electron chi connectivity index (χ0n) is 9.29. The van der Waals surface area contributed by atoms with Gasteiger partial charge in [0.2, 0.25) is 0 Å². The normalized spacial score (nSPS) is 15.1. The van der Waals surface area contributed by atoms with Gasteiger partial charge in [-0.25, -0.2) is 0 Å². The van der Waals surface area contributed by atoms with Crippen molar-refractivity contribution in [3.05, 3.63) is 35.0 Å².